The maximum atomic E-state index is 12.7. The second-order valence-corrected chi connectivity index (χ2v) is 6.69. The van der Waals surface area contributed by atoms with Crippen molar-refractivity contribution in [3.8, 4) is 0 Å². The van der Waals surface area contributed by atoms with Crippen LogP contribution in [0.4, 0.5) is 5.69 Å². The molecule has 0 unspecified atom stereocenters. The molecule has 2 heterocycles. The number of carbonyl (C=O) groups excluding carboxylic acids is 1. The van der Waals surface area contributed by atoms with Gasteiger partial charge in [0.2, 0.25) is 5.91 Å². The molecule has 0 aliphatic rings. The fourth-order valence-corrected chi connectivity index (χ4v) is 3.08. The Morgan fingerprint density at radius 1 is 1.24 bits per heavy atom. The van der Waals surface area contributed by atoms with E-state index in [-0.39, 0.29) is 11.9 Å². The highest BCUT2D eigenvalue weighted by atomic mass is 32.2. The quantitative estimate of drug-likeness (QED) is 0.674. The summed E-state index contributed by atoms with van der Waals surface area (Å²) in [6.07, 6.45) is 9.93. The Kier molecular flexibility index (Phi) is 5.90. The van der Waals surface area contributed by atoms with Gasteiger partial charge < -0.3 is 9.88 Å². The van der Waals surface area contributed by atoms with Gasteiger partial charge in [-0.05, 0) is 48.3 Å². The van der Waals surface area contributed by atoms with Gasteiger partial charge in [-0.3, -0.25) is 4.79 Å². The lowest BCUT2D eigenvalue weighted by Gasteiger charge is -2.18. The average molecular weight is 355 g/mol. The van der Waals surface area contributed by atoms with Crippen molar-refractivity contribution in [1.82, 2.24) is 19.3 Å². The van der Waals surface area contributed by atoms with Gasteiger partial charge in [-0.25, -0.2) is 9.67 Å². The van der Waals surface area contributed by atoms with Crippen LogP contribution in [0.2, 0.25) is 0 Å². The smallest absolute Gasteiger partial charge is 0.247 e. The minimum atomic E-state index is -0.197. The van der Waals surface area contributed by atoms with E-state index in [0.717, 1.165) is 23.4 Å². The second kappa shape index (κ2) is 8.53. The van der Waals surface area contributed by atoms with Crippen molar-refractivity contribution in [3.63, 3.8) is 0 Å². The largest absolute Gasteiger partial charge is 0.342 e. The number of amides is 1. The van der Waals surface area contributed by atoms with Gasteiger partial charge in [0.25, 0.3) is 0 Å². The first-order valence-corrected chi connectivity index (χ1v) is 9.49. The van der Waals surface area contributed by atoms with Crippen LogP contribution >= 0.6 is 11.8 Å². The Labute approximate surface area is 151 Å². The zero-order valence-electron chi connectivity index (χ0n) is 14.1. The summed E-state index contributed by atoms with van der Waals surface area (Å²) in [5, 5.41) is 7.12. The molecule has 7 heteroatoms. The molecule has 0 aliphatic carbocycles. The summed E-state index contributed by atoms with van der Waals surface area (Å²) >= 11 is 1.75. The standard InChI is InChI=1S/C18H21N5OS/c1-25-11-8-17(22-9-2-3-10-22)18(24)21-16-6-4-15(5-7-16)12-23-14-19-13-20-23/h2-7,9-10,13-14,17H,8,11-12H2,1H3,(H,21,24)/t17-/m1/s1. The highest BCUT2D eigenvalue weighted by Crippen LogP contribution is 2.18. The van der Waals surface area contributed by atoms with Crippen molar-refractivity contribution in [2.75, 3.05) is 17.3 Å². The normalized spacial score (nSPS) is 12.0. The number of carbonyl (C=O) groups is 1. The van der Waals surface area contributed by atoms with Crippen molar-refractivity contribution in [1.29, 1.82) is 0 Å². The van der Waals surface area contributed by atoms with E-state index in [4.69, 9.17) is 0 Å². The summed E-state index contributed by atoms with van der Waals surface area (Å²) < 4.78 is 3.72. The molecule has 0 saturated heterocycles. The number of nitrogens with zero attached hydrogens (tertiary/aromatic N) is 4. The molecule has 0 fully saturated rings. The molecule has 1 atom stereocenters. The van der Waals surface area contributed by atoms with Crippen LogP contribution in [0.15, 0.2) is 61.4 Å². The van der Waals surface area contributed by atoms with E-state index in [1.54, 1.807) is 22.8 Å². The molecule has 25 heavy (non-hydrogen) atoms. The second-order valence-electron chi connectivity index (χ2n) is 5.71. The first-order valence-electron chi connectivity index (χ1n) is 8.10. The van der Waals surface area contributed by atoms with E-state index in [1.165, 1.54) is 6.33 Å². The van der Waals surface area contributed by atoms with E-state index in [2.05, 4.69) is 21.7 Å². The van der Waals surface area contributed by atoms with Crippen LogP contribution in [-0.2, 0) is 11.3 Å². The zero-order valence-corrected chi connectivity index (χ0v) is 14.9. The van der Waals surface area contributed by atoms with Crippen molar-refractivity contribution in [2.45, 2.75) is 19.0 Å². The number of hydrogen-bond donors (Lipinski definition) is 1. The van der Waals surface area contributed by atoms with Gasteiger partial charge in [-0.15, -0.1) is 0 Å². The topological polar surface area (TPSA) is 64.7 Å². The van der Waals surface area contributed by atoms with E-state index in [1.807, 2.05) is 53.4 Å². The Morgan fingerprint density at radius 2 is 2.00 bits per heavy atom. The molecule has 0 aliphatic heterocycles. The molecule has 130 valence electrons. The lowest BCUT2D eigenvalue weighted by atomic mass is 10.1. The van der Waals surface area contributed by atoms with Gasteiger partial charge in [-0.1, -0.05) is 12.1 Å². The molecule has 1 amide bonds. The van der Waals surface area contributed by atoms with Crippen LogP contribution in [0.25, 0.3) is 0 Å². The Bertz CT molecular complexity index is 768. The number of benzene rings is 1. The third-order valence-corrected chi connectivity index (χ3v) is 4.56. The Balaban J connectivity index is 1.64. The summed E-state index contributed by atoms with van der Waals surface area (Å²) in [5.74, 6) is 0.946. The first-order chi connectivity index (χ1) is 12.3. The fourth-order valence-electron chi connectivity index (χ4n) is 2.62. The Hall–Kier alpha value is -2.54. The molecule has 6 nitrogen and oxygen atoms in total. The number of nitrogens with one attached hydrogen (secondary N) is 1. The lowest BCUT2D eigenvalue weighted by Crippen LogP contribution is -2.25. The summed E-state index contributed by atoms with van der Waals surface area (Å²) in [7, 11) is 0. The Morgan fingerprint density at radius 3 is 2.64 bits per heavy atom. The zero-order chi connectivity index (χ0) is 17.5. The van der Waals surface area contributed by atoms with Gasteiger partial charge in [0, 0.05) is 18.1 Å². The summed E-state index contributed by atoms with van der Waals surface area (Å²) in [6.45, 7) is 0.661. The van der Waals surface area contributed by atoms with Crippen LogP contribution in [-0.4, -0.2) is 37.2 Å². The van der Waals surface area contributed by atoms with E-state index in [0.29, 0.717) is 6.54 Å². The van der Waals surface area contributed by atoms with Gasteiger partial charge in [0.05, 0.1) is 6.54 Å². The predicted molar refractivity (Wildman–Crippen MR) is 101 cm³/mol. The molecule has 0 spiro atoms. The third kappa shape index (κ3) is 4.73. The monoisotopic (exact) mass is 355 g/mol. The number of anilines is 1. The summed E-state index contributed by atoms with van der Waals surface area (Å²) in [4.78, 5) is 16.6. The molecule has 2 aromatic heterocycles. The SMILES string of the molecule is CSCC[C@H](C(=O)Nc1ccc(Cn2cncn2)cc1)n1cccc1. The van der Waals surface area contributed by atoms with Crippen LogP contribution in [0.1, 0.15) is 18.0 Å². The maximum absolute atomic E-state index is 12.7. The van der Waals surface area contributed by atoms with E-state index in [9.17, 15) is 4.79 Å². The van der Waals surface area contributed by atoms with Crippen molar-refractivity contribution in [3.05, 3.63) is 67.0 Å². The van der Waals surface area contributed by atoms with Crippen molar-refractivity contribution in [2.24, 2.45) is 0 Å². The number of rotatable bonds is 8. The van der Waals surface area contributed by atoms with E-state index >= 15 is 0 Å². The lowest BCUT2D eigenvalue weighted by molar-refractivity contribution is -0.119. The van der Waals surface area contributed by atoms with Gasteiger partial charge in [0.1, 0.15) is 18.7 Å². The molecule has 3 rings (SSSR count). The molecular weight excluding hydrogens is 334 g/mol. The summed E-state index contributed by atoms with van der Waals surface area (Å²) in [6, 6.07) is 11.5. The molecule has 0 bridgehead atoms. The van der Waals surface area contributed by atoms with Gasteiger partial charge in [-0.2, -0.15) is 16.9 Å². The molecule has 1 aromatic carbocycles. The molecule has 0 radical (unpaired) electrons. The van der Waals surface area contributed by atoms with Gasteiger partial charge in [0.15, 0.2) is 0 Å². The molecule has 1 N–H and O–H groups in total. The van der Waals surface area contributed by atoms with Crippen LogP contribution in [0.5, 0.6) is 0 Å². The number of aromatic nitrogens is 4. The van der Waals surface area contributed by atoms with Crippen molar-refractivity contribution < 1.29 is 4.79 Å². The molecular formula is C18H21N5OS. The third-order valence-electron chi connectivity index (χ3n) is 3.92. The van der Waals surface area contributed by atoms with Gasteiger partial charge >= 0.3 is 0 Å². The minimum absolute atomic E-state index is 0.00859. The van der Waals surface area contributed by atoms with Crippen LogP contribution in [0, 0.1) is 0 Å². The highest BCUT2D eigenvalue weighted by molar-refractivity contribution is 7.98. The van der Waals surface area contributed by atoms with E-state index < -0.39 is 0 Å². The minimum Gasteiger partial charge on any atom is -0.342 e. The van der Waals surface area contributed by atoms with Crippen molar-refractivity contribution >= 4 is 23.4 Å². The molecule has 0 saturated carbocycles. The van der Waals surface area contributed by atoms with Crippen LogP contribution < -0.4 is 5.32 Å². The summed E-state index contributed by atoms with van der Waals surface area (Å²) in [5.41, 5.74) is 1.90. The first kappa shape index (κ1) is 17.3. The average Bonchev–Trinajstić information content (AvgIpc) is 3.31. The number of hydrogen-bond acceptors (Lipinski definition) is 4. The van der Waals surface area contributed by atoms with Crippen LogP contribution in [0.3, 0.4) is 0 Å². The number of thioether (sulfide) groups is 1. The fraction of sp³-hybridized carbons (Fsp3) is 0.278. The maximum Gasteiger partial charge on any atom is 0.247 e. The predicted octanol–water partition coefficient (Wildman–Crippen LogP) is 3.06. The highest BCUT2D eigenvalue weighted by Gasteiger charge is 2.19. The molecule has 3 aromatic rings.